The molecule has 2 aromatic rings. The van der Waals surface area contributed by atoms with Gasteiger partial charge in [-0.1, -0.05) is 11.6 Å². The molecular formula is C16H19N3OS. The minimum Gasteiger partial charge on any atom is -0.332 e. The second-order valence-electron chi connectivity index (χ2n) is 5.38. The third-order valence-electron chi connectivity index (χ3n) is 3.82. The lowest BCUT2D eigenvalue weighted by molar-refractivity contribution is 0.250. The number of nitrogens with zero attached hydrogens (tertiary/aromatic N) is 1. The van der Waals surface area contributed by atoms with Crippen LogP contribution in [0.2, 0.25) is 0 Å². The molecule has 0 saturated carbocycles. The molecule has 21 heavy (non-hydrogen) atoms. The van der Waals surface area contributed by atoms with Gasteiger partial charge in [0.2, 0.25) is 0 Å². The summed E-state index contributed by atoms with van der Waals surface area (Å²) in [5.41, 5.74) is 4.92. The van der Waals surface area contributed by atoms with E-state index in [1.165, 1.54) is 18.4 Å². The maximum Gasteiger partial charge on any atom is 0.319 e. The number of carbonyl (C=O) groups is 1. The zero-order valence-corrected chi connectivity index (χ0v) is 12.9. The van der Waals surface area contributed by atoms with Gasteiger partial charge in [-0.25, -0.2) is 9.78 Å². The van der Waals surface area contributed by atoms with Crippen molar-refractivity contribution in [1.82, 2.24) is 10.3 Å². The Hall–Kier alpha value is -1.88. The van der Waals surface area contributed by atoms with Crippen LogP contribution < -0.4 is 10.6 Å². The highest BCUT2D eigenvalue weighted by Crippen LogP contribution is 2.22. The van der Waals surface area contributed by atoms with Gasteiger partial charge in [0.05, 0.1) is 15.7 Å². The summed E-state index contributed by atoms with van der Waals surface area (Å²) in [6.45, 7) is 2.04. The van der Waals surface area contributed by atoms with Crippen molar-refractivity contribution in [2.45, 2.75) is 38.6 Å². The van der Waals surface area contributed by atoms with Crippen molar-refractivity contribution < 1.29 is 4.79 Å². The molecule has 1 heterocycles. The van der Waals surface area contributed by atoms with Crippen LogP contribution in [0.1, 0.15) is 32.6 Å². The average molecular weight is 301 g/mol. The van der Waals surface area contributed by atoms with Crippen molar-refractivity contribution in [2.75, 3.05) is 5.32 Å². The van der Waals surface area contributed by atoms with Crippen molar-refractivity contribution in [3.63, 3.8) is 0 Å². The maximum absolute atomic E-state index is 12.1. The zero-order chi connectivity index (χ0) is 14.7. The Kier molecular flexibility index (Phi) is 4.20. The molecule has 0 unspecified atom stereocenters. The molecule has 1 atom stereocenters. The van der Waals surface area contributed by atoms with Crippen LogP contribution >= 0.6 is 11.3 Å². The fourth-order valence-electron chi connectivity index (χ4n) is 2.65. The molecule has 2 N–H and O–H groups in total. The number of urea groups is 1. The fraction of sp³-hybridized carbons (Fsp3) is 0.375. The Morgan fingerprint density at radius 1 is 1.38 bits per heavy atom. The molecule has 1 aliphatic rings. The molecule has 0 fully saturated rings. The van der Waals surface area contributed by atoms with Gasteiger partial charge in [0.25, 0.3) is 0 Å². The quantitative estimate of drug-likeness (QED) is 0.830. The second kappa shape index (κ2) is 6.26. The minimum absolute atomic E-state index is 0.0948. The Labute approximate surface area is 128 Å². The molecule has 0 spiro atoms. The van der Waals surface area contributed by atoms with Gasteiger partial charge in [-0.2, -0.15) is 0 Å². The summed E-state index contributed by atoms with van der Waals surface area (Å²) in [4.78, 5) is 16.3. The highest BCUT2D eigenvalue weighted by Gasteiger charge is 2.14. The Bertz CT molecular complexity index is 677. The van der Waals surface area contributed by atoms with Gasteiger partial charge in [-0.15, -0.1) is 11.3 Å². The summed E-state index contributed by atoms with van der Waals surface area (Å²) in [6, 6.07) is 5.70. The number of rotatable bonds is 3. The summed E-state index contributed by atoms with van der Waals surface area (Å²) < 4.78 is 1.08. The first-order chi connectivity index (χ1) is 10.2. The Balaban J connectivity index is 1.61. The molecule has 0 radical (unpaired) electrons. The number of aromatic nitrogens is 1. The number of anilines is 1. The van der Waals surface area contributed by atoms with Gasteiger partial charge in [0.1, 0.15) is 0 Å². The van der Waals surface area contributed by atoms with E-state index in [1.807, 2.05) is 30.6 Å². The SMILES string of the molecule is C[C@@H](NC(=O)Nc1ccc2ncsc2c1)C1=CCCCC1. The number of hydrogen-bond donors (Lipinski definition) is 2. The summed E-state index contributed by atoms with van der Waals surface area (Å²) in [7, 11) is 0. The molecule has 3 rings (SSSR count). The number of thiazole rings is 1. The summed E-state index contributed by atoms with van der Waals surface area (Å²) >= 11 is 1.57. The molecular weight excluding hydrogens is 282 g/mol. The highest BCUT2D eigenvalue weighted by molar-refractivity contribution is 7.16. The molecule has 1 aliphatic carbocycles. The monoisotopic (exact) mass is 301 g/mol. The Morgan fingerprint density at radius 3 is 3.10 bits per heavy atom. The van der Waals surface area contributed by atoms with Crippen LogP contribution in [0.4, 0.5) is 10.5 Å². The van der Waals surface area contributed by atoms with Gasteiger partial charge in [0, 0.05) is 11.7 Å². The minimum atomic E-state index is -0.155. The lowest BCUT2D eigenvalue weighted by Crippen LogP contribution is -2.37. The maximum atomic E-state index is 12.1. The standard InChI is InChI=1S/C16H19N3OS/c1-11(12-5-3-2-4-6-12)18-16(20)19-13-7-8-14-15(9-13)21-10-17-14/h5,7-11H,2-4,6H2,1H3,(H2,18,19,20)/t11-/m1/s1. The topological polar surface area (TPSA) is 54.0 Å². The van der Waals surface area contributed by atoms with E-state index in [2.05, 4.69) is 21.7 Å². The van der Waals surface area contributed by atoms with E-state index in [0.717, 1.165) is 28.7 Å². The number of benzene rings is 1. The van der Waals surface area contributed by atoms with Gasteiger partial charge < -0.3 is 10.6 Å². The van der Waals surface area contributed by atoms with Crippen LogP contribution in [-0.4, -0.2) is 17.1 Å². The third kappa shape index (κ3) is 3.42. The van der Waals surface area contributed by atoms with Gasteiger partial charge in [-0.05, 0) is 50.8 Å². The van der Waals surface area contributed by atoms with E-state index >= 15 is 0 Å². The first kappa shape index (κ1) is 14.1. The smallest absolute Gasteiger partial charge is 0.319 e. The van der Waals surface area contributed by atoms with E-state index in [4.69, 9.17) is 0 Å². The summed E-state index contributed by atoms with van der Waals surface area (Å²) in [5.74, 6) is 0. The van der Waals surface area contributed by atoms with Gasteiger partial charge >= 0.3 is 6.03 Å². The predicted molar refractivity (Wildman–Crippen MR) is 87.8 cm³/mol. The number of allylic oxidation sites excluding steroid dienone is 1. The predicted octanol–water partition coefficient (Wildman–Crippen LogP) is 4.31. The number of nitrogens with one attached hydrogen (secondary N) is 2. The molecule has 0 aliphatic heterocycles. The van der Waals surface area contributed by atoms with Crippen molar-refractivity contribution in [2.24, 2.45) is 0 Å². The second-order valence-corrected chi connectivity index (χ2v) is 6.27. The molecule has 1 aromatic heterocycles. The zero-order valence-electron chi connectivity index (χ0n) is 12.1. The molecule has 4 nitrogen and oxygen atoms in total. The van der Waals surface area contributed by atoms with Crippen LogP contribution in [0.25, 0.3) is 10.2 Å². The third-order valence-corrected chi connectivity index (χ3v) is 4.61. The lowest BCUT2D eigenvalue weighted by atomic mass is 9.95. The van der Waals surface area contributed by atoms with Crippen LogP contribution in [0.15, 0.2) is 35.4 Å². The number of hydrogen-bond acceptors (Lipinski definition) is 3. The number of carbonyl (C=O) groups excluding carboxylic acids is 1. The molecule has 0 saturated heterocycles. The van der Waals surface area contributed by atoms with Crippen LogP contribution in [-0.2, 0) is 0 Å². The Morgan fingerprint density at radius 2 is 2.29 bits per heavy atom. The normalized spacial score (nSPS) is 16.3. The number of amides is 2. The van der Waals surface area contributed by atoms with Crippen molar-refractivity contribution in [3.8, 4) is 0 Å². The molecule has 110 valence electrons. The van der Waals surface area contributed by atoms with Crippen molar-refractivity contribution >= 4 is 33.3 Å². The van der Waals surface area contributed by atoms with E-state index < -0.39 is 0 Å². The molecule has 0 bridgehead atoms. The summed E-state index contributed by atoms with van der Waals surface area (Å²) in [5, 5.41) is 5.90. The fourth-order valence-corrected chi connectivity index (χ4v) is 3.36. The van der Waals surface area contributed by atoms with E-state index in [9.17, 15) is 4.79 Å². The van der Waals surface area contributed by atoms with Gasteiger partial charge in [0.15, 0.2) is 0 Å². The molecule has 2 amide bonds. The first-order valence-electron chi connectivity index (χ1n) is 7.32. The largest absolute Gasteiger partial charge is 0.332 e. The van der Waals surface area contributed by atoms with E-state index in [1.54, 1.807) is 11.3 Å². The van der Waals surface area contributed by atoms with Crippen molar-refractivity contribution in [1.29, 1.82) is 0 Å². The molecule has 5 heteroatoms. The number of fused-ring (bicyclic) bond motifs is 1. The average Bonchev–Trinajstić information content (AvgIpc) is 2.95. The van der Waals surface area contributed by atoms with E-state index in [0.29, 0.717) is 0 Å². The lowest BCUT2D eigenvalue weighted by Gasteiger charge is -2.21. The molecule has 1 aromatic carbocycles. The van der Waals surface area contributed by atoms with Crippen LogP contribution in [0.3, 0.4) is 0 Å². The van der Waals surface area contributed by atoms with Gasteiger partial charge in [-0.3, -0.25) is 0 Å². The van der Waals surface area contributed by atoms with Crippen LogP contribution in [0.5, 0.6) is 0 Å². The first-order valence-corrected chi connectivity index (χ1v) is 8.20. The van der Waals surface area contributed by atoms with Crippen LogP contribution in [0, 0.1) is 0 Å². The van der Waals surface area contributed by atoms with E-state index in [-0.39, 0.29) is 12.1 Å². The van der Waals surface area contributed by atoms with Crippen molar-refractivity contribution in [3.05, 3.63) is 35.4 Å². The summed E-state index contributed by atoms with van der Waals surface area (Å²) in [6.07, 6.45) is 6.97. The highest BCUT2D eigenvalue weighted by atomic mass is 32.1.